The Morgan fingerprint density at radius 1 is 1.16 bits per heavy atom. The number of hydrogen-bond donors (Lipinski definition) is 1. The van der Waals surface area contributed by atoms with Crippen LogP contribution in [0, 0.1) is 11.8 Å². The highest BCUT2D eigenvalue weighted by Crippen LogP contribution is 2.54. The van der Waals surface area contributed by atoms with E-state index in [2.05, 4.69) is 37.3 Å². The molecule has 3 rings (SSSR count). The first-order chi connectivity index (χ1) is 9.28. The topological polar surface area (TPSA) is 26.0 Å². The Morgan fingerprint density at radius 3 is 2.47 bits per heavy atom. The van der Waals surface area contributed by atoms with E-state index < -0.39 is 0 Å². The summed E-state index contributed by atoms with van der Waals surface area (Å²) in [7, 11) is 0. The zero-order valence-corrected chi connectivity index (χ0v) is 12.1. The molecule has 0 amide bonds. The molecule has 104 valence electrons. The first-order valence-corrected chi connectivity index (χ1v) is 8.09. The summed E-state index contributed by atoms with van der Waals surface area (Å²) in [4.78, 5) is 0. The van der Waals surface area contributed by atoms with Crippen molar-refractivity contribution < 1.29 is 0 Å². The molecule has 2 aliphatic rings. The maximum absolute atomic E-state index is 6.79. The lowest BCUT2D eigenvalue weighted by Crippen LogP contribution is -2.45. The van der Waals surface area contributed by atoms with Gasteiger partial charge in [-0.3, -0.25) is 0 Å². The average molecular weight is 257 g/mol. The van der Waals surface area contributed by atoms with Gasteiger partial charge in [0.2, 0.25) is 0 Å². The summed E-state index contributed by atoms with van der Waals surface area (Å²) in [6.45, 7) is 2.35. The first-order valence-electron chi connectivity index (χ1n) is 8.09. The second-order valence-corrected chi connectivity index (χ2v) is 6.66. The summed E-state index contributed by atoms with van der Waals surface area (Å²) in [5.41, 5.74) is 8.59. The fourth-order valence-electron chi connectivity index (χ4n) is 4.34. The summed E-state index contributed by atoms with van der Waals surface area (Å²) in [5.74, 6) is 1.62. The SMILES string of the molecule is CCC1CCCCC1C(N)C1(c2ccccc2)CC1. The van der Waals surface area contributed by atoms with Crippen LogP contribution < -0.4 is 5.73 Å². The third kappa shape index (κ3) is 2.33. The maximum atomic E-state index is 6.79. The molecule has 3 atom stereocenters. The van der Waals surface area contributed by atoms with Crippen LogP contribution in [-0.4, -0.2) is 6.04 Å². The second-order valence-electron chi connectivity index (χ2n) is 6.66. The van der Waals surface area contributed by atoms with Gasteiger partial charge in [-0.05, 0) is 36.7 Å². The van der Waals surface area contributed by atoms with E-state index in [1.807, 2.05) is 0 Å². The number of rotatable bonds is 4. The van der Waals surface area contributed by atoms with E-state index in [0.717, 1.165) is 11.8 Å². The third-order valence-corrected chi connectivity index (χ3v) is 5.73. The zero-order chi connectivity index (χ0) is 13.3. The van der Waals surface area contributed by atoms with Crippen molar-refractivity contribution in [2.75, 3.05) is 0 Å². The molecule has 1 aromatic rings. The predicted octanol–water partition coefficient (Wildman–Crippen LogP) is 4.26. The van der Waals surface area contributed by atoms with Crippen LogP contribution in [0.5, 0.6) is 0 Å². The van der Waals surface area contributed by atoms with Gasteiger partial charge in [0.25, 0.3) is 0 Å². The normalized spacial score (nSPS) is 30.8. The molecule has 1 aromatic carbocycles. The lowest BCUT2D eigenvalue weighted by atomic mass is 9.69. The van der Waals surface area contributed by atoms with Crippen LogP contribution >= 0.6 is 0 Å². The molecule has 0 heterocycles. The van der Waals surface area contributed by atoms with Crippen molar-refractivity contribution in [1.82, 2.24) is 0 Å². The van der Waals surface area contributed by atoms with E-state index in [1.54, 1.807) is 0 Å². The van der Waals surface area contributed by atoms with Gasteiger partial charge in [0.15, 0.2) is 0 Å². The molecule has 2 aliphatic carbocycles. The number of benzene rings is 1. The van der Waals surface area contributed by atoms with Crippen molar-refractivity contribution >= 4 is 0 Å². The van der Waals surface area contributed by atoms with Gasteiger partial charge in [0.1, 0.15) is 0 Å². The molecule has 2 fully saturated rings. The Hall–Kier alpha value is -0.820. The van der Waals surface area contributed by atoms with Gasteiger partial charge in [-0.1, -0.05) is 62.9 Å². The Kier molecular flexibility index (Phi) is 3.66. The minimum absolute atomic E-state index is 0.316. The van der Waals surface area contributed by atoms with E-state index in [4.69, 9.17) is 5.73 Å². The first kappa shape index (κ1) is 13.2. The number of nitrogens with two attached hydrogens (primary N) is 1. The lowest BCUT2D eigenvalue weighted by molar-refractivity contribution is 0.174. The molecule has 0 bridgehead atoms. The van der Waals surface area contributed by atoms with E-state index in [0.29, 0.717) is 11.5 Å². The molecule has 0 radical (unpaired) electrons. The standard InChI is InChI=1S/C18H27N/c1-2-14-8-6-7-11-16(14)17(19)18(12-13-18)15-9-4-3-5-10-15/h3-5,9-10,14,16-17H,2,6-8,11-13,19H2,1H3. The van der Waals surface area contributed by atoms with Crippen molar-refractivity contribution in [3.05, 3.63) is 35.9 Å². The Balaban J connectivity index is 1.81. The summed E-state index contributed by atoms with van der Waals surface area (Å²) >= 11 is 0. The minimum atomic E-state index is 0.316. The van der Waals surface area contributed by atoms with Crippen LogP contribution in [0.25, 0.3) is 0 Å². The van der Waals surface area contributed by atoms with Crippen molar-refractivity contribution in [1.29, 1.82) is 0 Å². The molecule has 1 heteroatoms. The van der Waals surface area contributed by atoms with Gasteiger partial charge >= 0.3 is 0 Å². The lowest BCUT2D eigenvalue weighted by Gasteiger charge is -2.39. The third-order valence-electron chi connectivity index (χ3n) is 5.73. The Labute approximate surface area is 117 Å². The summed E-state index contributed by atoms with van der Waals surface area (Å²) in [6.07, 6.45) is 9.47. The highest BCUT2D eigenvalue weighted by molar-refractivity contribution is 5.34. The molecule has 0 aliphatic heterocycles. The molecule has 2 N–H and O–H groups in total. The summed E-state index contributed by atoms with van der Waals surface area (Å²) < 4.78 is 0. The van der Waals surface area contributed by atoms with Gasteiger partial charge in [0.05, 0.1) is 0 Å². The van der Waals surface area contributed by atoms with E-state index >= 15 is 0 Å². The number of hydrogen-bond acceptors (Lipinski definition) is 1. The Morgan fingerprint density at radius 2 is 1.84 bits per heavy atom. The summed E-state index contributed by atoms with van der Waals surface area (Å²) in [5, 5.41) is 0. The second kappa shape index (κ2) is 5.28. The molecule has 1 nitrogen and oxygen atoms in total. The van der Waals surface area contributed by atoms with Crippen LogP contribution in [0.1, 0.15) is 57.4 Å². The van der Waals surface area contributed by atoms with Crippen LogP contribution in [0.4, 0.5) is 0 Å². The van der Waals surface area contributed by atoms with Crippen LogP contribution in [0.3, 0.4) is 0 Å². The summed E-state index contributed by atoms with van der Waals surface area (Å²) in [6, 6.07) is 11.4. The van der Waals surface area contributed by atoms with Crippen LogP contribution in [0.2, 0.25) is 0 Å². The molecule has 3 unspecified atom stereocenters. The van der Waals surface area contributed by atoms with E-state index in [1.165, 1.54) is 50.5 Å². The van der Waals surface area contributed by atoms with E-state index in [-0.39, 0.29) is 0 Å². The fraction of sp³-hybridized carbons (Fsp3) is 0.667. The molecule has 19 heavy (non-hydrogen) atoms. The maximum Gasteiger partial charge on any atom is 0.0167 e. The predicted molar refractivity (Wildman–Crippen MR) is 81.1 cm³/mol. The van der Waals surface area contributed by atoms with Crippen molar-refractivity contribution in [3.8, 4) is 0 Å². The monoisotopic (exact) mass is 257 g/mol. The van der Waals surface area contributed by atoms with Gasteiger partial charge < -0.3 is 5.73 Å². The van der Waals surface area contributed by atoms with Gasteiger partial charge in [-0.15, -0.1) is 0 Å². The molecule has 0 spiro atoms. The molecule has 0 saturated heterocycles. The van der Waals surface area contributed by atoms with Crippen molar-refractivity contribution in [2.24, 2.45) is 17.6 Å². The van der Waals surface area contributed by atoms with Crippen molar-refractivity contribution in [2.45, 2.75) is 63.3 Å². The molecular formula is C18H27N. The zero-order valence-electron chi connectivity index (χ0n) is 12.1. The molecular weight excluding hydrogens is 230 g/mol. The smallest absolute Gasteiger partial charge is 0.0167 e. The van der Waals surface area contributed by atoms with Crippen LogP contribution in [0.15, 0.2) is 30.3 Å². The highest BCUT2D eigenvalue weighted by Gasteiger charge is 2.52. The van der Waals surface area contributed by atoms with Crippen molar-refractivity contribution in [3.63, 3.8) is 0 Å². The molecule has 0 aromatic heterocycles. The minimum Gasteiger partial charge on any atom is -0.327 e. The van der Waals surface area contributed by atoms with Gasteiger partial charge in [-0.2, -0.15) is 0 Å². The highest BCUT2D eigenvalue weighted by atomic mass is 14.8. The fourth-order valence-corrected chi connectivity index (χ4v) is 4.34. The van der Waals surface area contributed by atoms with E-state index in [9.17, 15) is 0 Å². The molecule has 2 saturated carbocycles. The Bertz CT molecular complexity index is 407. The average Bonchev–Trinajstić information content (AvgIpc) is 3.29. The quantitative estimate of drug-likeness (QED) is 0.857. The van der Waals surface area contributed by atoms with Gasteiger partial charge in [-0.25, -0.2) is 0 Å². The van der Waals surface area contributed by atoms with Crippen LogP contribution in [-0.2, 0) is 5.41 Å². The largest absolute Gasteiger partial charge is 0.327 e. The van der Waals surface area contributed by atoms with Gasteiger partial charge in [0, 0.05) is 11.5 Å².